The zero-order valence-corrected chi connectivity index (χ0v) is 17.1. The number of anilines is 1. The largest absolute Gasteiger partial charge is 0.280 e. The van der Waals surface area contributed by atoms with Crippen LogP contribution in [0.1, 0.15) is 22.2 Å². The molecule has 2 aromatic carbocycles. The molecule has 1 amide bonds. The maximum absolute atomic E-state index is 12.6. The van der Waals surface area contributed by atoms with Crippen LogP contribution in [0.5, 0.6) is 0 Å². The molecule has 0 unspecified atom stereocenters. The lowest BCUT2D eigenvalue weighted by Crippen LogP contribution is -2.20. The van der Waals surface area contributed by atoms with Crippen LogP contribution in [0.4, 0.5) is 5.69 Å². The lowest BCUT2D eigenvalue weighted by Gasteiger charge is -2.09. The van der Waals surface area contributed by atoms with E-state index in [-0.39, 0.29) is 10.5 Å². The summed E-state index contributed by atoms with van der Waals surface area (Å²) >= 11 is 7.39. The second-order valence-electron chi connectivity index (χ2n) is 5.76. The first-order valence-corrected chi connectivity index (χ1v) is 10.9. The Morgan fingerprint density at radius 1 is 1.07 bits per heavy atom. The Morgan fingerprint density at radius 3 is 2.57 bits per heavy atom. The van der Waals surface area contributed by atoms with Gasteiger partial charge in [-0.3, -0.25) is 9.52 Å². The number of amides is 1. The number of rotatable bonds is 6. The molecule has 0 aliphatic rings. The van der Waals surface area contributed by atoms with Crippen molar-refractivity contribution in [3.8, 4) is 0 Å². The molecule has 2 N–H and O–H groups in total. The first-order valence-electron chi connectivity index (χ1n) is 8.12. The van der Waals surface area contributed by atoms with E-state index < -0.39 is 15.9 Å². The lowest BCUT2D eigenvalue weighted by atomic mass is 10.2. The summed E-state index contributed by atoms with van der Waals surface area (Å²) in [6.07, 6.45) is 0. The fourth-order valence-corrected chi connectivity index (χ4v) is 4.27. The molecule has 0 fully saturated rings. The molecule has 0 spiro atoms. The van der Waals surface area contributed by atoms with Gasteiger partial charge in [-0.15, -0.1) is 11.3 Å². The molecule has 144 valence electrons. The van der Waals surface area contributed by atoms with Crippen LogP contribution in [0.3, 0.4) is 0 Å². The predicted molar refractivity (Wildman–Crippen MR) is 113 cm³/mol. The van der Waals surface area contributed by atoms with Crippen molar-refractivity contribution in [1.29, 1.82) is 0 Å². The Kier molecular flexibility index (Phi) is 6.13. The molecule has 0 saturated carbocycles. The van der Waals surface area contributed by atoms with Crippen LogP contribution in [0.15, 0.2) is 76.0 Å². The van der Waals surface area contributed by atoms with E-state index in [9.17, 15) is 13.2 Å². The van der Waals surface area contributed by atoms with Crippen molar-refractivity contribution in [2.24, 2.45) is 5.10 Å². The van der Waals surface area contributed by atoms with E-state index in [1.54, 1.807) is 25.1 Å². The summed E-state index contributed by atoms with van der Waals surface area (Å²) in [5, 5.41) is 6.38. The third-order valence-corrected chi connectivity index (χ3v) is 6.28. The van der Waals surface area contributed by atoms with E-state index in [2.05, 4.69) is 15.2 Å². The second-order valence-corrected chi connectivity index (χ2v) is 8.83. The monoisotopic (exact) mass is 433 g/mol. The third-order valence-electron chi connectivity index (χ3n) is 3.69. The first-order chi connectivity index (χ1) is 13.3. The summed E-state index contributed by atoms with van der Waals surface area (Å²) in [7, 11) is -3.88. The van der Waals surface area contributed by atoms with E-state index in [0.717, 1.165) is 4.88 Å². The molecule has 0 radical (unpaired) electrons. The zero-order valence-electron chi connectivity index (χ0n) is 14.7. The number of hydrogen-bond acceptors (Lipinski definition) is 5. The normalized spacial score (nSPS) is 11.9. The smallest absolute Gasteiger partial charge is 0.271 e. The number of thiophene rings is 1. The van der Waals surface area contributed by atoms with Crippen LogP contribution in [0.25, 0.3) is 0 Å². The van der Waals surface area contributed by atoms with Gasteiger partial charge in [0.1, 0.15) is 0 Å². The molecule has 28 heavy (non-hydrogen) atoms. The van der Waals surface area contributed by atoms with Gasteiger partial charge < -0.3 is 0 Å². The number of halogens is 1. The molecule has 1 aromatic heterocycles. The second kappa shape index (κ2) is 8.55. The fourth-order valence-electron chi connectivity index (χ4n) is 2.31. The molecule has 3 aromatic rings. The summed E-state index contributed by atoms with van der Waals surface area (Å²) in [5.74, 6) is -0.504. The number of benzene rings is 2. The highest BCUT2D eigenvalue weighted by molar-refractivity contribution is 7.92. The van der Waals surface area contributed by atoms with E-state index >= 15 is 0 Å². The molecule has 0 aliphatic carbocycles. The quantitative estimate of drug-likeness (QED) is 0.447. The van der Waals surface area contributed by atoms with Gasteiger partial charge in [-0.1, -0.05) is 29.8 Å². The van der Waals surface area contributed by atoms with Gasteiger partial charge in [0.25, 0.3) is 15.9 Å². The highest BCUT2D eigenvalue weighted by Gasteiger charge is 2.16. The minimum atomic E-state index is -3.88. The number of carbonyl (C=O) groups is 1. The topological polar surface area (TPSA) is 87.6 Å². The standard InChI is InChI=1S/C19H16ClN3O3S2/c1-13(18-9-4-10-27-18)21-22-19(24)14-5-2-8-17(11-14)28(25,26)23-16-7-3-6-15(20)12-16/h2-12,23H,1H3,(H,22,24)/b21-13-. The number of hydrazone groups is 1. The Bertz CT molecular complexity index is 1130. The number of sulfonamides is 1. The van der Waals surface area contributed by atoms with Crippen LogP contribution in [0, 0.1) is 0 Å². The number of carbonyl (C=O) groups excluding carboxylic acids is 1. The van der Waals surface area contributed by atoms with Crippen molar-refractivity contribution < 1.29 is 13.2 Å². The van der Waals surface area contributed by atoms with Crippen molar-refractivity contribution >= 4 is 50.3 Å². The van der Waals surface area contributed by atoms with Gasteiger partial charge in [0.05, 0.1) is 16.3 Å². The maximum atomic E-state index is 12.6. The van der Waals surface area contributed by atoms with Gasteiger partial charge >= 0.3 is 0 Å². The van der Waals surface area contributed by atoms with Crippen molar-refractivity contribution in [1.82, 2.24) is 5.43 Å². The fraction of sp³-hybridized carbons (Fsp3) is 0.0526. The summed E-state index contributed by atoms with van der Waals surface area (Å²) < 4.78 is 27.6. The third kappa shape index (κ3) is 4.98. The lowest BCUT2D eigenvalue weighted by molar-refractivity contribution is 0.0954. The zero-order chi connectivity index (χ0) is 20.1. The molecule has 9 heteroatoms. The molecule has 0 bridgehead atoms. The van der Waals surface area contributed by atoms with E-state index in [1.807, 2.05) is 17.5 Å². The van der Waals surface area contributed by atoms with Crippen molar-refractivity contribution in [3.05, 3.63) is 81.5 Å². The molecule has 3 rings (SSSR count). The molecule has 0 atom stereocenters. The van der Waals surface area contributed by atoms with Gasteiger partial charge in [0.2, 0.25) is 0 Å². The Balaban J connectivity index is 1.77. The van der Waals surface area contributed by atoms with Gasteiger partial charge in [-0.25, -0.2) is 13.8 Å². The van der Waals surface area contributed by atoms with Gasteiger partial charge in [-0.2, -0.15) is 5.10 Å². The molecule has 1 heterocycles. The molecule has 0 aliphatic heterocycles. The Hall–Kier alpha value is -2.68. The van der Waals surface area contributed by atoms with Crippen LogP contribution in [-0.4, -0.2) is 20.0 Å². The highest BCUT2D eigenvalue weighted by Crippen LogP contribution is 2.20. The summed E-state index contributed by atoms with van der Waals surface area (Å²) in [5.41, 5.74) is 3.62. The summed E-state index contributed by atoms with van der Waals surface area (Å²) in [6, 6.07) is 15.9. The van der Waals surface area contributed by atoms with Crippen LogP contribution in [0.2, 0.25) is 5.02 Å². The van der Waals surface area contributed by atoms with Crippen molar-refractivity contribution in [2.75, 3.05) is 4.72 Å². The molecule has 6 nitrogen and oxygen atoms in total. The predicted octanol–water partition coefficient (Wildman–Crippen LogP) is 4.36. The van der Waals surface area contributed by atoms with E-state index in [1.165, 1.54) is 41.7 Å². The number of nitrogens with zero attached hydrogens (tertiary/aromatic N) is 1. The number of nitrogens with one attached hydrogen (secondary N) is 2. The van der Waals surface area contributed by atoms with E-state index in [4.69, 9.17) is 11.6 Å². The minimum Gasteiger partial charge on any atom is -0.280 e. The highest BCUT2D eigenvalue weighted by atomic mass is 35.5. The van der Waals surface area contributed by atoms with Gasteiger partial charge in [-0.05, 0) is 54.8 Å². The maximum Gasteiger partial charge on any atom is 0.271 e. The molecular formula is C19H16ClN3O3S2. The van der Waals surface area contributed by atoms with Crippen molar-refractivity contribution in [3.63, 3.8) is 0 Å². The van der Waals surface area contributed by atoms with Crippen LogP contribution < -0.4 is 10.1 Å². The minimum absolute atomic E-state index is 0.0425. The molecular weight excluding hydrogens is 418 g/mol. The average Bonchev–Trinajstić information content (AvgIpc) is 3.20. The SMILES string of the molecule is C/C(=N/NC(=O)c1cccc(S(=O)(=O)Nc2cccc(Cl)c2)c1)c1cccs1. The Labute approximate surface area is 171 Å². The first kappa shape index (κ1) is 20.1. The van der Waals surface area contributed by atoms with Gasteiger partial charge in [0.15, 0.2) is 0 Å². The summed E-state index contributed by atoms with van der Waals surface area (Å²) in [4.78, 5) is 13.2. The van der Waals surface area contributed by atoms with Crippen molar-refractivity contribution in [2.45, 2.75) is 11.8 Å². The number of hydrogen-bond donors (Lipinski definition) is 2. The van der Waals surface area contributed by atoms with Crippen LogP contribution in [-0.2, 0) is 10.0 Å². The van der Waals surface area contributed by atoms with Crippen LogP contribution >= 0.6 is 22.9 Å². The summed E-state index contributed by atoms with van der Waals surface area (Å²) in [6.45, 7) is 1.78. The average molecular weight is 434 g/mol. The Morgan fingerprint density at radius 2 is 1.86 bits per heavy atom. The van der Waals surface area contributed by atoms with E-state index in [0.29, 0.717) is 16.4 Å². The molecule has 0 saturated heterocycles. The van der Waals surface area contributed by atoms with Gasteiger partial charge in [0, 0.05) is 15.5 Å².